The summed E-state index contributed by atoms with van der Waals surface area (Å²) in [6.07, 6.45) is 70.7. The molecule has 12 unspecified atom stereocenters. The van der Waals surface area contributed by atoms with Crippen LogP contribution in [0.1, 0.15) is 289 Å². The molecule has 12 aliphatic carbocycles. The zero-order chi connectivity index (χ0) is 44.5. The molecule has 12 aliphatic rings. The molecule has 380 valence electrons. The molecule has 0 spiro atoms. The predicted molar refractivity (Wildman–Crippen MR) is 283 cm³/mol. The third kappa shape index (κ3) is 10.5. The fourth-order valence-electron chi connectivity index (χ4n) is 22.9. The number of hydrogen-bond donors (Lipinski definition) is 0. The van der Waals surface area contributed by atoms with Gasteiger partial charge in [0.15, 0.2) is 0 Å². The van der Waals surface area contributed by atoms with Gasteiger partial charge in [0.05, 0.1) is 0 Å². The molecular formula is C65H110N2. The van der Waals surface area contributed by atoms with Crippen LogP contribution in [0.3, 0.4) is 0 Å². The van der Waals surface area contributed by atoms with Gasteiger partial charge < -0.3 is 0 Å². The minimum Gasteiger partial charge on any atom is -0.294 e. The quantitative estimate of drug-likeness (QED) is 0.215. The van der Waals surface area contributed by atoms with Crippen molar-refractivity contribution < 1.29 is 0 Å². The fraction of sp³-hybridized carbons (Fsp3) is 1.00. The molecule has 0 radical (unpaired) electrons. The molecule has 12 rings (SSSR count). The van der Waals surface area contributed by atoms with Crippen LogP contribution in [-0.2, 0) is 0 Å². The topological polar surface area (TPSA) is 6.48 Å². The molecule has 0 aliphatic heterocycles. The van der Waals surface area contributed by atoms with Gasteiger partial charge in [-0.05, 0) is 243 Å². The van der Waals surface area contributed by atoms with Crippen molar-refractivity contribution in [1.29, 1.82) is 0 Å². The van der Waals surface area contributed by atoms with E-state index in [0.717, 1.165) is 119 Å². The molecule has 0 aromatic carbocycles. The highest BCUT2D eigenvalue weighted by Crippen LogP contribution is 2.64. The zero-order valence-electron chi connectivity index (χ0n) is 44.3. The second kappa shape index (κ2) is 22.6. The Balaban J connectivity index is 0.773. The molecule has 0 saturated heterocycles. The number of nitrogens with zero attached hydrogens (tertiary/aromatic N) is 2. The van der Waals surface area contributed by atoms with Crippen LogP contribution >= 0.6 is 0 Å². The van der Waals surface area contributed by atoms with Gasteiger partial charge in [0.2, 0.25) is 0 Å². The maximum absolute atomic E-state index is 3.31. The highest BCUT2D eigenvalue weighted by Gasteiger charge is 2.57. The van der Waals surface area contributed by atoms with Gasteiger partial charge in [-0.2, -0.15) is 0 Å². The Bertz CT molecular complexity index is 1450. The van der Waals surface area contributed by atoms with E-state index < -0.39 is 0 Å². The minimum atomic E-state index is 0.923. The Morgan fingerprint density at radius 3 is 1.01 bits per heavy atom. The van der Waals surface area contributed by atoms with Gasteiger partial charge in [-0.1, -0.05) is 128 Å². The molecule has 67 heavy (non-hydrogen) atoms. The second-order valence-corrected chi connectivity index (χ2v) is 28.7. The zero-order valence-corrected chi connectivity index (χ0v) is 44.3. The van der Waals surface area contributed by atoms with Crippen LogP contribution in [0.15, 0.2) is 0 Å². The van der Waals surface area contributed by atoms with Crippen molar-refractivity contribution in [1.82, 2.24) is 9.80 Å². The van der Waals surface area contributed by atoms with E-state index in [4.69, 9.17) is 0 Å². The maximum Gasteiger partial charge on any atom is 0.0101 e. The first kappa shape index (κ1) is 47.9. The lowest BCUT2D eigenvalue weighted by Crippen LogP contribution is -2.56. The molecule has 0 bridgehead atoms. The summed E-state index contributed by atoms with van der Waals surface area (Å²) in [6.45, 7) is 0. The van der Waals surface area contributed by atoms with Crippen LogP contribution in [-0.4, -0.2) is 46.1 Å². The maximum atomic E-state index is 3.31. The lowest BCUT2D eigenvalue weighted by atomic mass is 9.44. The summed E-state index contributed by atoms with van der Waals surface area (Å²) in [5.74, 6) is 15.3. The van der Waals surface area contributed by atoms with Gasteiger partial charge in [-0.15, -0.1) is 0 Å². The molecule has 12 saturated carbocycles. The van der Waals surface area contributed by atoms with Crippen LogP contribution in [0.5, 0.6) is 0 Å². The normalized spacial score (nSPS) is 45.8. The van der Waals surface area contributed by atoms with E-state index in [1.165, 1.54) is 128 Å². The van der Waals surface area contributed by atoms with E-state index in [2.05, 4.69) is 9.80 Å². The number of rotatable bonds is 10. The predicted octanol–water partition coefficient (Wildman–Crippen LogP) is 18.1. The first-order valence-corrected chi connectivity index (χ1v) is 32.8. The largest absolute Gasteiger partial charge is 0.294 e. The van der Waals surface area contributed by atoms with E-state index in [-0.39, 0.29) is 0 Å². The molecule has 12 fully saturated rings. The highest BCUT2D eigenvalue weighted by molar-refractivity contribution is 5.06. The molecule has 2 nitrogen and oxygen atoms in total. The lowest BCUT2D eigenvalue weighted by molar-refractivity contribution is -0.127. The lowest BCUT2D eigenvalue weighted by Gasteiger charge is -2.62. The smallest absolute Gasteiger partial charge is 0.0101 e. The van der Waals surface area contributed by atoms with Gasteiger partial charge in [0.1, 0.15) is 0 Å². The van der Waals surface area contributed by atoms with Crippen LogP contribution < -0.4 is 0 Å². The summed E-state index contributed by atoms with van der Waals surface area (Å²) in [5, 5.41) is 0. The van der Waals surface area contributed by atoms with Gasteiger partial charge in [-0.3, -0.25) is 9.80 Å². The van der Waals surface area contributed by atoms with Crippen LogP contribution in [0.4, 0.5) is 0 Å². The van der Waals surface area contributed by atoms with Crippen molar-refractivity contribution in [3.05, 3.63) is 0 Å². The summed E-state index contributed by atoms with van der Waals surface area (Å²) >= 11 is 0. The van der Waals surface area contributed by atoms with Gasteiger partial charge in [-0.25, -0.2) is 0 Å². The van der Waals surface area contributed by atoms with Crippen molar-refractivity contribution in [2.45, 2.75) is 325 Å². The van der Waals surface area contributed by atoms with E-state index >= 15 is 0 Å². The fourth-order valence-corrected chi connectivity index (χ4v) is 22.9. The monoisotopic (exact) mass is 919 g/mol. The minimum absolute atomic E-state index is 0.923. The average Bonchev–Trinajstić information content (AvgIpc) is 3.39. The molecule has 12 atom stereocenters. The standard InChI is InChI=1S/C65H110N2/c1-5-19-54(20-6-1)66(55-21-7-2-8-22-55)58-36-32-48(33-37-58)64-60-27-15-16-28-61(60)65(49-34-38-59(39-35-49)67(56-23-9-3-10-24-56)57-25-11-4-12-26-57)63-43-47(30-40-62(63)64)41-46-29-31-52-44-50-17-13-14-18-51(50)45-53(52)42-46/h46-65H,1-45H2. The van der Waals surface area contributed by atoms with Crippen LogP contribution in [0, 0.1) is 82.9 Å². The summed E-state index contributed by atoms with van der Waals surface area (Å²) < 4.78 is 0. The van der Waals surface area contributed by atoms with Crippen molar-refractivity contribution in [2.75, 3.05) is 0 Å². The molecule has 0 amide bonds. The van der Waals surface area contributed by atoms with Crippen molar-refractivity contribution in [2.24, 2.45) is 82.9 Å². The number of hydrogen-bond acceptors (Lipinski definition) is 2. The van der Waals surface area contributed by atoms with E-state index in [1.807, 2.05) is 0 Å². The van der Waals surface area contributed by atoms with Gasteiger partial charge in [0, 0.05) is 36.3 Å². The van der Waals surface area contributed by atoms with Crippen molar-refractivity contribution >= 4 is 0 Å². The van der Waals surface area contributed by atoms with E-state index in [9.17, 15) is 0 Å². The summed E-state index contributed by atoms with van der Waals surface area (Å²) in [6, 6.07) is 5.57. The Labute approximate surface area is 416 Å². The Kier molecular flexibility index (Phi) is 16.1. The molecule has 0 aromatic heterocycles. The Morgan fingerprint density at radius 1 is 0.209 bits per heavy atom. The first-order chi connectivity index (χ1) is 33.2. The summed E-state index contributed by atoms with van der Waals surface area (Å²) in [4.78, 5) is 6.61. The Morgan fingerprint density at radius 2 is 0.537 bits per heavy atom. The van der Waals surface area contributed by atoms with Crippen LogP contribution in [0.2, 0.25) is 0 Å². The van der Waals surface area contributed by atoms with E-state index in [0.29, 0.717) is 0 Å². The van der Waals surface area contributed by atoms with Crippen LogP contribution in [0.25, 0.3) is 0 Å². The summed E-state index contributed by atoms with van der Waals surface area (Å²) in [7, 11) is 0. The third-order valence-corrected chi connectivity index (χ3v) is 25.5. The summed E-state index contributed by atoms with van der Waals surface area (Å²) in [5.41, 5.74) is 0. The van der Waals surface area contributed by atoms with Gasteiger partial charge >= 0.3 is 0 Å². The first-order valence-electron chi connectivity index (χ1n) is 32.8. The number of fused-ring (bicyclic) bond motifs is 4. The van der Waals surface area contributed by atoms with Gasteiger partial charge in [0.25, 0.3) is 0 Å². The third-order valence-electron chi connectivity index (χ3n) is 25.5. The van der Waals surface area contributed by atoms with E-state index in [1.54, 1.807) is 161 Å². The molecule has 0 heterocycles. The molecule has 0 aromatic rings. The highest BCUT2D eigenvalue weighted by atomic mass is 15.2. The molecular weight excluding hydrogens is 809 g/mol. The SMILES string of the molecule is C1CCC(N(C2CCCCC2)C2CCC(C3C4CCCCC4C(C4CCC(N(C5CCCCC5)C5CCCCC5)CC4)C4CC(CC5CCC6CC7CCCCC7CC6C5)CCC43)CC2)CC1. The molecule has 2 heteroatoms. The molecule has 0 N–H and O–H groups in total. The second-order valence-electron chi connectivity index (χ2n) is 28.7. The van der Waals surface area contributed by atoms with Crippen molar-refractivity contribution in [3.63, 3.8) is 0 Å². The average molecular weight is 920 g/mol. The van der Waals surface area contributed by atoms with Crippen molar-refractivity contribution in [3.8, 4) is 0 Å². The Hall–Kier alpha value is -0.0800.